The van der Waals surface area contributed by atoms with E-state index in [1.54, 1.807) is 0 Å². The molecule has 1 aliphatic rings. The Labute approximate surface area is 98.1 Å². The monoisotopic (exact) mass is 231 g/mol. The second kappa shape index (κ2) is 7.22. The lowest BCUT2D eigenvalue weighted by atomic mass is 10.1. The van der Waals surface area contributed by atoms with Gasteiger partial charge in [-0.15, -0.1) is 0 Å². The number of hydrogen-bond donors (Lipinski definition) is 2. The van der Waals surface area contributed by atoms with Crippen LogP contribution >= 0.6 is 0 Å². The van der Waals surface area contributed by atoms with Crippen LogP contribution in [0, 0.1) is 5.92 Å². The molecule has 0 aromatic rings. The number of nitrogens with two attached hydrogens (primary N) is 1. The van der Waals surface area contributed by atoms with Gasteiger partial charge in [0, 0.05) is 0 Å². The zero-order valence-corrected chi connectivity index (χ0v) is 10.4. The molecular weight excluding hydrogens is 206 g/mol. The largest absolute Gasteiger partial charge is 0.388 e. The van der Waals surface area contributed by atoms with Crippen LogP contribution in [0.4, 0.5) is 0 Å². The average Bonchev–Trinajstić information content (AvgIpc) is 2.70. The zero-order valence-electron chi connectivity index (χ0n) is 10.4. The molecule has 0 saturated heterocycles. The molecule has 1 rings (SSSR count). The Morgan fingerprint density at radius 2 is 2.06 bits per heavy atom. The molecule has 0 aliphatic heterocycles. The van der Waals surface area contributed by atoms with Crippen LogP contribution in [0.3, 0.4) is 0 Å². The SMILES string of the molecule is CC(C)OCC(O)COC1CCCC1CN. The molecule has 4 nitrogen and oxygen atoms in total. The quantitative estimate of drug-likeness (QED) is 0.684. The molecule has 0 spiro atoms. The molecule has 0 heterocycles. The highest BCUT2D eigenvalue weighted by molar-refractivity contribution is 4.79. The van der Waals surface area contributed by atoms with Gasteiger partial charge in [-0.05, 0) is 39.2 Å². The first kappa shape index (κ1) is 13.9. The van der Waals surface area contributed by atoms with Gasteiger partial charge in [0.1, 0.15) is 6.10 Å². The van der Waals surface area contributed by atoms with Crippen LogP contribution in [-0.4, -0.2) is 43.2 Å². The molecule has 16 heavy (non-hydrogen) atoms. The second-order valence-electron chi connectivity index (χ2n) is 4.83. The number of aliphatic hydroxyl groups excluding tert-OH is 1. The molecule has 3 N–H and O–H groups in total. The number of ether oxygens (including phenoxy) is 2. The summed E-state index contributed by atoms with van der Waals surface area (Å²) in [5.41, 5.74) is 5.66. The molecular formula is C12H25NO3. The predicted molar refractivity (Wildman–Crippen MR) is 63.2 cm³/mol. The lowest BCUT2D eigenvalue weighted by molar-refractivity contribution is -0.0625. The molecule has 0 aromatic carbocycles. The molecule has 0 bridgehead atoms. The first-order valence-electron chi connectivity index (χ1n) is 6.24. The van der Waals surface area contributed by atoms with E-state index in [1.807, 2.05) is 13.8 Å². The third kappa shape index (κ3) is 4.78. The van der Waals surface area contributed by atoms with Gasteiger partial charge in [0.05, 0.1) is 25.4 Å². The first-order chi connectivity index (χ1) is 7.63. The maximum Gasteiger partial charge on any atom is 0.101 e. The Hall–Kier alpha value is -0.160. The molecule has 3 atom stereocenters. The fourth-order valence-electron chi connectivity index (χ4n) is 2.08. The van der Waals surface area contributed by atoms with Crippen molar-refractivity contribution in [2.24, 2.45) is 11.7 Å². The maximum atomic E-state index is 9.64. The second-order valence-corrected chi connectivity index (χ2v) is 4.83. The van der Waals surface area contributed by atoms with Crippen LogP contribution in [0.5, 0.6) is 0 Å². The van der Waals surface area contributed by atoms with Gasteiger partial charge in [-0.1, -0.05) is 6.42 Å². The van der Waals surface area contributed by atoms with Crippen LogP contribution < -0.4 is 5.73 Å². The minimum Gasteiger partial charge on any atom is -0.388 e. The van der Waals surface area contributed by atoms with E-state index in [2.05, 4.69) is 0 Å². The summed E-state index contributed by atoms with van der Waals surface area (Å²) in [6.07, 6.45) is 3.27. The van der Waals surface area contributed by atoms with Gasteiger partial charge in [0.15, 0.2) is 0 Å². The summed E-state index contributed by atoms with van der Waals surface area (Å²) in [4.78, 5) is 0. The van der Waals surface area contributed by atoms with Crippen LogP contribution in [0.15, 0.2) is 0 Å². The molecule has 1 saturated carbocycles. The van der Waals surface area contributed by atoms with E-state index in [0.717, 1.165) is 12.8 Å². The Morgan fingerprint density at radius 1 is 1.31 bits per heavy atom. The van der Waals surface area contributed by atoms with Gasteiger partial charge >= 0.3 is 0 Å². The van der Waals surface area contributed by atoms with E-state index in [9.17, 15) is 5.11 Å². The summed E-state index contributed by atoms with van der Waals surface area (Å²) in [6, 6.07) is 0. The van der Waals surface area contributed by atoms with Crippen molar-refractivity contribution in [3.63, 3.8) is 0 Å². The number of hydrogen-bond acceptors (Lipinski definition) is 4. The van der Waals surface area contributed by atoms with Gasteiger partial charge in [-0.2, -0.15) is 0 Å². The van der Waals surface area contributed by atoms with E-state index in [1.165, 1.54) is 6.42 Å². The third-order valence-electron chi connectivity index (χ3n) is 3.02. The summed E-state index contributed by atoms with van der Waals surface area (Å²) in [7, 11) is 0. The summed E-state index contributed by atoms with van der Waals surface area (Å²) < 4.78 is 11.0. The molecule has 0 amide bonds. The maximum absolute atomic E-state index is 9.64. The molecule has 0 radical (unpaired) electrons. The summed E-state index contributed by atoms with van der Waals surface area (Å²) in [5, 5.41) is 9.64. The smallest absolute Gasteiger partial charge is 0.101 e. The standard InChI is InChI=1S/C12H25NO3/c1-9(2)15-7-11(14)8-16-12-5-3-4-10(12)6-13/h9-12,14H,3-8,13H2,1-2H3. The Kier molecular flexibility index (Phi) is 6.28. The van der Waals surface area contributed by atoms with Crippen molar-refractivity contribution >= 4 is 0 Å². The summed E-state index contributed by atoms with van der Waals surface area (Å²) in [5.74, 6) is 0.471. The Bertz CT molecular complexity index is 187. The van der Waals surface area contributed by atoms with Gasteiger partial charge < -0.3 is 20.3 Å². The lowest BCUT2D eigenvalue weighted by Gasteiger charge is -2.21. The van der Waals surface area contributed by atoms with E-state index in [0.29, 0.717) is 25.7 Å². The molecule has 1 aliphatic carbocycles. The number of aliphatic hydroxyl groups is 1. The average molecular weight is 231 g/mol. The van der Waals surface area contributed by atoms with Crippen LogP contribution in [0.25, 0.3) is 0 Å². The normalized spacial score (nSPS) is 27.6. The highest BCUT2D eigenvalue weighted by Gasteiger charge is 2.27. The van der Waals surface area contributed by atoms with Gasteiger partial charge in [0.25, 0.3) is 0 Å². The fraction of sp³-hybridized carbons (Fsp3) is 1.00. The first-order valence-corrected chi connectivity index (χ1v) is 6.24. The molecule has 96 valence electrons. The van der Waals surface area contributed by atoms with Gasteiger partial charge in [-0.25, -0.2) is 0 Å². The lowest BCUT2D eigenvalue weighted by Crippen LogP contribution is -2.30. The molecule has 4 heteroatoms. The van der Waals surface area contributed by atoms with E-state index in [-0.39, 0.29) is 12.2 Å². The van der Waals surface area contributed by atoms with Crippen molar-refractivity contribution < 1.29 is 14.6 Å². The van der Waals surface area contributed by atoms with E-state index in [4.69, 9.17) is 15.2 Å². The van der Waals surface area contributed by atoms with Crippen LogP contribution in [0.1, 0.15) is 33.1 Å². The minimum absolute atomic E-state index is 0.151. The Balaban J connectivity index is 2.13. The highest BCUT2D eigenvalue weighted by atomic mass is 16.5. The molecule has 3 unspecified atom stereocenters. The van der Waals surface area contributed by atoms with Crippen LogP contribution in [-0.2, 0) is 9.47 Å². The van der Waals surface area contributed by atoms with Crippen molar-refractivity contribution in [1.29, 1.82) is 0 Å². The van der Waals surface area contributed by atoms with Crippen molar-refractivity contribution in [3.8, 4) is 0 Å². The van der Waals surface area contributed by atoms with Crippen molar-refractivity contribution in [3.05, 3.63) is 0 Å². The Morgan fingerprint density at radius 3 is 2.69 bits per heavy atom. The van der Waals surface area contributed by atoms with Crippen molar-refractivity contribution in [1.82, 2.24) is 0 Å². The minimum atomic E-state index is -0.526. The molecule has 0 aromatic heterocycles. The van der Waals surface area contributed by atoms with Gasteiger partial charge in [0.2, 0.25) is 0 Å². The predicted octanol–water partition coefficient (Wildman–Crippen LogP) is 0.916. The van der Waals surface area contributed by atoms with Crippen molar-refractivity contribution in [2.45, 2.75) is 51.4 Å². The number of rotatable bonds is 7. The van der Waals surface area contributed by atoms with E-state index >= 15 is 0 Å². The van der Waals surface area contributed by atoms with E-state index < -0.39 is 6.10 Å². The fourth-order valence-corrected chi connectivity index (χ4v) is 2.08. The highest BCUT2D eigenvalue weighted by Crippen LogP contribution is 2.27. The molecule has 1 fully saturated rings. The zero-order chi connectivity index (χ0) is 12.0. The summed E-state index contributed by atoms with van der Waals surface area (Å²) in [6.45, 7) is 5.29. The topological polar surface area (TPSA) is 64.7 Å². The van der Waals surface area contributed by atoms with Gasteiger partial charge in [-0.3, -0.25) is 0 Å². The van der Waals surface area contributed by atoms with Crippen LogP contribution in [0.2, 0.25) is 0 Å². The van der Waals surface area contributed by atoms with Crippen molar-refractivity contribution in [2.75, 3.05) is 19.8 Å². The third-order valence-corrected chi connectivity index (χ3v) is 3.02. The summed E-state index contributed by atoms with van der Waals surface area (Å²) >= 11 is 0.